The van der Waals surface area contributed by atoms with Crippen molar-refractivity contribution in [1.29, 1.82) is 0 Å². The summed E-state index contributed by atoms with van der Waals surface area (Å²) in [4.78, 5) is 0.368. The van der Waals surface area contributed by atoms with Gasteiger partial charge in [0.05, 0.1) is 4.90 Å². The van der Waals surface area contributed by atoms with E-state index in [1.165, 1.54) is 4.31 Å². The van der Waals surface area contributed by atoms with Crippen LogP contribution in [0, 0.1) is 0 Å². The Morgan fingerprint density at radius 3 is 2.29 bits per heavy atom. The molecule has 0 saturated carbocycles. The van der Waals surface area contributed by atoms with E-state index in [4.69, 9.17) is 0 Å². The summed E-state index contributed by atoms with van der Waals surface area (Å²) in [5, 5.41) is 3.31. The van der Waals surface area contributed by atoms with Crippen molar-refractivity contribution in [3.8, 4) is 0 Å². The molecule has 120 valence electrons. The monoisotopic (exact) mass is 312 g/mol. The SMILES string of the molecule is CCCNCc1ccc(S(=O)(=O)N(C)C(C)CCC)cc1. The fraction of sp³-hybridized carbons (Fsp3) is 0.625. The van der Waals surface area contributed by atoms with Crippen LogP contribution in [0.25, 0.3) is 0 Å². The molecule has 0 radical (unpaired) electrons. The second-order valence-electron chi connectivity index (χ2n) is 5.48. The van der Waals surface area contributed by atoms with Crippen LogP contribution in [0.4, 0.5) is 0 Å². The highest BCUT2D eigenvalue weighted by Crippen LogP contribution is 2.19. The van der Waals surface area contributed by atoms with Crippen LogP contribution in [-0.4, -0.2) is 32.4 Å². The van der Waals surface area contributed by atoms with Gasteiger partial charge in [0.1, 0.15) is 0 Å². The summed E-state index contributed by atoms with van der Waals surface area (Å²) in [7, 11) is -1.73. The van der Waals surface area contributed by atoms with Gasteiger partial charge in [-0.1, -0.05) is 32.4 Å². The molecule has 0 aromatic heterocycles. The van der Waals surface area contributed by atoms with Crippen LogP contribution in [0.2, 0.25) is 0 Å². The Morgan fingerprint density at radius 2 is 1.76 bits per heavy atom. The van der Waals surface area contributed by atoms with E-state index in [0.29, 0.717) is 4.90 Å². The third-order valence-electron chi connectivity index (χ3n) is 3.68. The van der Waals surface area contributed by atoms with Gasteiger partial charge in [0.2, 0.25) is 10.0 Å². The smallest absolute Gasteiger partial charge is 0.243 e. The molecule has 0 saturated heterocycles. The minimum atomic E-state index is -3.39. The molecule has 1 aromatic rings. The molecule has 4 nitrogen and oxygen atoms in total. The number of rotatable bonds is 9. The van der Waals surface area contributed by atoms with E-state index in [2.05, 4.69) is 19.2 Å². The van der Waals surface area contributed by atoms with E-state index in [9.17, 15) is 8.42 Å². The first-order valence-electron chi connectivity index (χ1n) is 7.71. The molecule has 1 atom stereocenters. The van der Waals surface area contributed by atoms with Crippen LogP contribution in [0.1, 0.15) is 45.6 Å². The second kappa shape index (κ2) is 8.51. The highest BCUT2D eigenvalue weighted by atomic mass is 32.2. The van der Waals surface area contributed by atoms with E-state index in [0.717, 1.165) is 37.9 Å². The Morgan fingerprint density at radius 1 is 1.14 bits per heavy atom. The molecule has 0 aliphatic rings. The topological polar surface area (TPSA) is 49.4 Å². The first-order chi connectivity index (χ1) is 9.93. The van der Waals surface area contributed by atoms with Gasteiger partial charge in [0.25, 0.3) is 0 Å². The molecule has 0 aliphatic heterocycles. The van der Waals surface area contributed by atoms with Crippen molar-refractivity contribution in [2.24, 2.45) is 0 Å². The summed E-state index contributed by atoms with van der Waals surface area (Å²) in [6.45, 7) is 7.88. The zero-order valence-electron chi connectivity index (χ0n) is 13.6. The highest BCUT2D eigenvalue weighted by Gasteiger charge is 2.24. The summed E-state index contributed by atoms with van der Waals surface area (Å²) in [5.41, 5.74) is 1.10. The predicted molar refractivity (Wildman–Crippen MR) is 87.8 cm³/mol. The maximum Gasteiger partial charge on any atom is 0.243 e. The highest BCUT2D eigenvalue weighted by molar-refractivity contribution is 7.89. The number of nitrogens with zero attached hydrogens (tertiary/aromatic N) is 1. The molecule has 1 N–H and O–H groups in total. The fourth-order valence-electron chi connectivity index (χ4n) is 2.19. The van der Waals surface area contributed by atoms with Crippen molar-refractivity contribution >= 4 is 10.0 Å². The van der Waals surface area contributed by atoms with E-state index in [1.807, 2.05) is 19.1 Å². The average Bonchev–Trinajstić information content (AvgIpc) is 2.47. The maximum atomic E-state index is 12.5. The lowest BCUT2D eigenvalue weighted by Crippen LogP contribution is -2.34. The molecule has 5 heteroatoms. The van der Waals surface area contributed by atoms with Crippen LogP contribution >= 0.6 is 0 Å². The van der Waals surface area contributed by atoms with Gasteiger partial charge in [0.15, 0.2) is 0 Å². The molecule has 0 fully saturated rings. The van der Waals surface area contributed by atoms with E-state index < -0.39 is 10.0 Å². The molecular weight excluding hydrogens is 284 g/mol. The van der Waals surface area contributed by atoms with Gasteiger partial charge in [-0.3, -0.25) is 0 Å². The van der Waals surface area contributed by atoms with Gasteiger partial charge < -0.3 is 5.32 Å². The normalized spacial score (nSPS) is 13.6. The van der Waals surface area contributed by atoms with Crippen molar-refractivity contribution in [1.82, 2.24) is 9.62 Å². The number of benzene rings is 1. The first kappa shape index (κ1) is 18.1. The Labute approximate surface area is 129 Å². The van der Waals surface area contributed by atoms with Gasteiger partial charge >= 0.3 is 0 Å². The van der Waals surface area contributed by atoms with E-state index >= 15 is 0 Å². The number of sulfonamides is 1. The largest absolute Gasteiger partial charge is 0.313 e. The molecular formula is C16H28N2O2S. The molecule has 0 heterocycles. The third-order valence-corrected chi connectivity index (χ3v) is 5.67. The number of hydrogen-bond donors (Lipinski definition) is 1. The lowest BCUT2D eigenvalue weighted by Gasteiger charge is -2.24. The van der Waals surface area contributed by atoms with Gasteiger partial charge in [0, 0.05) is 19.6 Å². The Hall–Kier alpha value is -0.910. The number of hydrogen-bond acceptors (Lipinski definition) is 3. The van der Waals surface area contributed by atoms with E-state index in [1.54, 1.807) is 19.2 Å². The van der Waals surface area contributed by atoms with Crippen LogP contribution in [0.5, 0.6) is 0 Å². The predicted octanol–water partition coefficient (Wildman–Crippen LogP) is 3.00. The quantitative estimate of drug-likeness (QED) is 0.713. The lowest BCUT2D eigenvalue weighted by molar-refractivity contribution is 0.369. The Bertz CT molecular complexity index is 512. The van der Waals surface area contributed by atoms with Crippen molar-refractivity contribution in [3.05, 3.63) is 29.8 Å². The van der Waals surface area contributed by atoms with Crippen LogP contribution < -0.4 is 5.32 Å². The second-order valence-corrected chi connectivity index (χ2v) is 7.48. The van der Waals surface area contributed by atoms with Crippen molar-refractivity contribution in [3.63, 3.8) is 0 Å². The zero-order chi connectivity index (χ0) is 15.9. The minimum Gasteiger partial charge on any atom is -0.313 e. The first-order valence-corrected chi connectivity index (χ1v) is 9.15. The van der Waals surface area contributed by atoms with Crippen LogP contribution in [0.15, 0.2) is 29.2 Å². The van der Waals surface area contributed by atoms with Crippen LogP contribution in [-0.2, 0) is 16.6 Å². The molecule has 0 spiro atoms. The van der Waals surface area contributed by atoms with Gasteiger partial charge in [-0.25, -0.2) is 8.42 Å². The summed E-state index contributed by atoms with van der Waals surface area (Å²) in [6.07, 6.45) is 2.93. The molecule has 0 aliphatic carbocycles. The summed E-state index contributed by atoms with van der Waals surface area (Å²) >= 11 is 0. The van der Waals surface area contributed by atoms with Crippen molar-refractivity contribution < 1.29 is 8.42 Å². The molecule has 1 rings (SSSR count). The van der Waals surface area contributed by atoms with Gasteiger partial charge in [-0.15, -0.1) is 0 Å². The Balaban J connectivity index is 2.79. The summed E-state index contributed by atoms with van der Waals surface area (Å²) in [6, 6.07) is 7.19. The fourth-order valence-corrected chi connectivity index (χ4v) is 3.58. The zero-order valence-corrected chi connectivity index (χ0v) is 14.4. The van der Waals surface area contributed by atoms with Crippen molar-refractivity contribution in [2.75, 3.05) is 13.6 Å². The van der Waals surface area contributed by atoms with Crippen molar-refractivity contribution in [2.45, 2.75) is 57.5 Å². The van der Waals surface area contributed by atoms with Gasteiger partial charge in [-0.2, -0.15) is 4.31 Å². The van der Waals surface area contributed by atoms with Crippen LogP contribution in [0.3, 0.4) is 0 Å². The maximum absolute atomic E-state index is 12.5. The molecule has 0 bridgehead atoms. The summed E-state index contributed by atoms with van der Waals surface area (Å²) < 4.78 is 26.5. The standard InChI is InChI=1S/C16H28N2O2S/c1-5-7-14(3)18(4)21(19,20)16-10-8-15(9-11-16)13-17-12-6-2/h8-11,14,17H,5-7,12-13H2,1-4H3. The molecule has 21 heavy (non-hydrogen) atoms. The minimum absolute atomic E-state index is 0.0193. The number of nitrogens with one attached hydrogen (secondary N) is 1. The average molecular weight is 312 g/mol. The third kappa shape index (κ3) is 5.09. The van der Waals surface area contributed by atoms with E-state index in [-0.39, 0.29) is 6.04 Å². The van der Waals surface area contributed by atoms with Gasteiger partial charge in [-0.05, 0) is 44.0 Å². The molecule has 1 unspecified atom stereocenters. The summed E-state index contributed by atoms with van der Waals surface area (Å²) in [5.74, 6) is 0. The molecule has 1 aromatic carbocycles. The Kier molecular flexibility index (Phi) is 7.35. The molecule has 0 amide bonds. The lowest BCUT2D eigenvalue weighted by atomic mass is 10.2.